The van der Waals surface area contributed by atoms with E-state index in [9.17, 15) is 4.79 Å². The lowest BCUT2D eigenvalue weighted by atomic mass is 9.89. The minimum Gasteiger partial charge on any atom is -0.379 e. The van der Waals surface area contributed by atoms with Gasteiger partial charge in [0.15, 0.2) is 5.78 Å². The first kappa shape index (κ1) is 13.2. The number of nitrogens with two attached hydrogens (primary N) is 1. The fraction of sp³-hybridized carbons (Fsp3) is 0.533. The van der Waals surface area contributed by atoms with Gasteiger partial charge in [0.1, 0.15) is 5.54 Å². The first-order valence-corrected chi connectivity index (χ1v) is 6.50. The third-order valence-electron chi connectivity index (χ3n) is 3.62. The molecule has 0 radical (unpaired) electrons. The van der Waals surface area contributed by atoms with Crippen molar-refractivity contribution < 1.29 is 9.53 Å². The van der Waals surface area contributed by atoms with Crippen LogP contribution in [0, 0.1) is 0 Å². The molecule has 1 atom stereocenters. The maximum Gasteiger partial charge on any atom is 0.159 e. The van der Waals surface area contributed by atoms with E-state index in [2.05, 4.69) is 26.0 Å². The summed E-state index contributed by atoms with van der Waals surface area (Å²) in [7, 11) is 0. The lowest BCUT2D eigenvalue weighted by Gasteiger charge is -2.20. The molecule has 0 amide bonds. The van der Waals surface area contributed by atoms with Crippen LogP contribution >= 0.6 is 0 Å². The number of carbonyl (C=O) groups is 1. The number of Topliss-reactive ketones (excluding diaryl/α,β-unsaturated/α-hetero) is 1. The zero-order chi connectivity index (χ0) is 13.2. The first-order valence-electron chi connectivity index (χ1n) is 6.50. The molecule has 0 bridgehead atoms. The highest BCUT2D eigenvalue weighted by Crippen LogP contribution is 2.20. The van der Waals surface area contributed by atoms with Crippen LogP contribution in [0.15, 0.2) is 24.3 Å². The Morgan fingerprint density at radius 2 is 2.06 bits per heavy atom. The van der Waals surface area contributed by atoms with Crippen LogP contribution in [0.5, 0.6) is 0 Å². The zero-order valence-electron chi connectivity index (χ0n) is 11.1. The minimum absolute atomic E-state index is 0.0808. The molecule has 0 aromatic heterocycles. The Morgan fingerprint density at radius 3 is 2.56 bits per heavy atom. The van der Waals surface area contributed by atoms with Crippen LogP contribution in [-0.4, -0.2) is 24.5 Å². The summed E-state index contributed by atoms with van der Waals surface area (Å²) in [5.41, 5.74) is 7.61. The number of ether oxygens (including phenoxy) is 1. The van der Waals surface area contributed by atoms with Crippen molar-refractivity contribution in [1.82, 2.24) is 0 Å². The topological polar surface area (TPSA) is 52.3 Å². The highest BCUT2D eigenvalue weighted by molar-refractivity contribution is 5.90. The highest BCUT2D eigenvalue weighted by atomic mass is 16.5. The van der Waals surface area contributed by atoms with Gasteiger partial charge in [0, 0.05) is 13.0 Å². The smallest absolute Gasteiger partial charge is 0.159 e. The Hall–Kier alpha value is -1.19. The highest BCUT2D eigenvalue weighted by Gasteiger charge is 2.37. The van der Waals surface area contributed by atoms with E-state index in [-0.39, 0.29) is 5.78 Å². The molecule has 3 nitrogen and oxygen atoms in total. The fourth-order valence-electron chi connectivity index (χ4n) is 2.18. The first-order chi connectivity index (χ1) is 8.51. The summed E-state index contributed by atoms with van der Waals surface area (Å²) in [5, 5.41) is 0. The monoisotopic (exact) mass is 247 g/mol. The second-order valence-electron chi connectivity index (χ2n) is 5.45. The average Bonchev–Trinajstić information content (AvgIpc) is 2.78. The maximum absolute atomic E-state index is 12.2. The molecule has 3 heteroatoms. The van der Waals surface area contributed by atoms with Gasteiger partial charge < -0.3 is 10.5 Å². The van der Waals surface area contributed by atoms with Crippen molar-refractivity contribution in [3.05, 3.63) is 35.4 Å². The number of ketones is 1. The van der Waals surface area contributed by atoms with E-state index >= 15 is 0 Å². The summed E-state index contributed by atoms with van der Waals surface area (Å²) in [6, 6.07) is 8.21. The molecule has 1 unspecified atom stereocenters. The average molecular weight is 247 g/mol. The van der Waals surface area contributed by atoms with Crippen LogP contribution in [0.3, 0.4) is 0 Å². The molecule has 2 N–H and O–H groups in total. The van der Waals surface area contributed by atoms with E-state index in [4.69, 9.17) is 10.5 Å². The summed E-state index contributed by atoms with van der Waals surface area (Å²) in [5.74, 6) is 0.594. The van der Waals surface area contributed by atoms with Crippen LogP contribution in [0.25, 0.3) is 0 Å². The van der Waals surface area contributed by atoms with Crippen molar-refractivity contribution in [3.8, 4) is 0 Å². The van der Waals surface area contributed by atoms with Crippen molar-refractivity contribution in [2.24, 2.45) is 5.73 Å². The summed E-state index contributed by atoms with van der Waals surface area (Å²) in [6.45, 7) is 5.26. The fourth-order valence-corrected chi connectivity index (χ4v) is 2.18. The quantitative estimate of drug-likeness (QED) is 0.885. The van der Waals surface area contributed by atoms with Gasteiger partial charge in [-0.2, -0.15) is 0 Å². The third-order valence-corrected chi connectivity index (χ3v) is 3.62. The van der Waals surface area contributed by atoms with Crippen LogP contribution in [0.1, 0.15) is 37.3 Å². The van der Waals surface area contributed by atoms with Crippen LogP contribution in [0.4, 0.5) is 0 Å². The van der Waals surface area contributed by atoms with Crippen molar-refractivity contribution in [1.29, 1.82) is 0 Å². The van der Waals surface area contributed by atoms with Gasteiger partial charge in [0.05, 0.1) is 6.61 Å². The van der Waals surface area contributed by atoms with Gasteiger partial charge in [0.2, 0.25) is 0 Å². The number of hydrogen-bond acceptors (Lipinski definition) is 3. The molecule has 1 fully saturated rings. The van der Waals surface area contributed by atoms with Crippen molar-refractivity contribution >= 4 is 5.78 Å². The predicted octanol–water partition coefficient (Wildman–Crippen LogP) is 2.04. The number of hydrogen-bond donors (Lipinski definition) is 1. The second-order valence-corrected chi connectivity index (χ2v) is 5.45. The van der Waals surface area contributed by atoms with Gasteiger partial charge in [-0.05, 0) is 23.5 Å². The van der Waals surface area contributed by atoms with E-state index in [1.165, 1.54) is 5.56 Å². The molecule has 1 aromatic rings. The predicted molar refractivity (Wildman–Crippen MR) is 71.6 cm³/mol. The summed E-state index contributed by atoms with van der Waals surface area (Å²) in [4.78, 5) is 12.2. The SMILES string of the molecule is CC(C)c1ccc(CC(=O)C2(N)CCOC2)cc1. The van der Waals surface area contributed by atoms with Crippen molar-refractivity contribution in [2.75, 3.05) is 13.2 Å². The molecule has 18 heavy (non-hydrogen) atoms. The Kier molecular flexibility index (Phi) is 3.83. The van der Waals surface area contributed by atoms with Gasteiger partial charge >= 0.3 is 0 Å². The summed E-state index contributed by atoms with van der Waals surface area (Å²) < 4.78 is 5.22. The van der Waals surface area contributed by atoms with Crippen molar-refractivity contribution in [3.63, 3.8) is 0 Å². The molecule has 1 saturated heterocycles. The second kappa shape index (κ2) is 5.21. The van der Waals surface area contributed by atoms with Crippen molar-refractivity contribution in [2.45, 2.75) is 38.1 Å². The largest absolute Gasteiger partial charge is 0.379 e. The van der Waals surface area contributed by atoms with Gasteiger partial charge in [-0.1, -0.05) is 38.1 Å². The molecule has 1 heterocycles. The minimum atomic E-state index is -0.767. The van der Waals surface area contributed by atoms with Crippen LogP contribution in [0.2, 0.25) is 0 Å². The molecule has 2 rings (SSSR count). The van der Waals surface area contributed by atoms with Gasteiger partial charge in [-0.3, -0.25) is 4.79 Å². The number of carbonyl (C=O) groups excluding carboxylic acids is 1. The molecule has 0 spiro atoms. The Bertz CT molecular complexity index is 417. The lowest BCUT2D eigenvalue weighted by Crippen LogP contribution is -2.49. The van der Waals surface area contributed by atoms with E-state index in [0.29, 0.717) is 32.0 Å². The van der Waals surface area contributed by atoms with Crippen LogP contribution < -0.4 is 5.73 Å². The number of benzene rings is 1. The maximum atomic E-state index is 12.2. The Labute approximate surface area is 108 Å². The standard InChI is InChI=1S/C15H21NO2/c1-11(2)13-5-3-12(4-6-13)9-14(17)15(16)7-8-18-10-15/h3-6,11H,7-10,16H2,1-2H3. The Balaban J connectivity index is 2.03. The summed E-state index contributed by atoms with van der Waals surface area (Å²) in [6.07, 6.45) is 1.04. The van der Waals surface area contributed by atoms with E-state index in [1.807, 2.05) is 12.1 Å². The van der Waals surface area contributed by atoms with E-state index in [0.717, 1.165) is 5.56 Å². The molecular formula is C15H21NO2. The summed E-state index contributed by atoms with van der Waals surface area (Å²) >= 11 is 0. The Morgan fingerprint density at radius 1 is 1.39 bits per heavy atom. The molecule has 1 aliphatic rings. The number of rotatable bonds is 4. The molecule has 0 aliphatic carbocycles. The molecule has 1 aliphatic heterocycles. The molecule has 0 saturated carbocycles. The van der Waals surface area contributed by atoms with Gasteiger partial charge in [0.25, 0.3) is 0 Å². The van der Waals surface area contributed by atoms with Crippen LogP contribution in [-0.2, 0) is 16.0 Å². The molecule has 1 aromatic carbocycles. The van der Waals surface area contributed by atoms with Gasteiger partial charge in [-0.25, -0.2) is 0 Å². The van der Waals surface area contributed by atoms with Gasteiger partial charge in [-0.15, -0.1) is 0 Å². The third kappa shape index (κ3) is 2.79. The van der Waals surface area contributed by atoms with E-state index < -0.39 is 5.54 Å². The van der Waals surface area contributed by atoms with E-state index in [1.54, 1.807) is 0 Å². The normalized spacial score (nSPS) is 23.6. The molecule has 98 valence electrons. The zero-order valence-corrected chi connectivity index (χ0v) is 11.1. The molecular weight excluding hydrogens is 226 g/mol. The lowest BCUT2D eigenvalue weighted by molar-refractivity contribution is -0.123.